The van der Waals surface area contributed by atoms with Crippen LogP contribution in [0, 0.1) is 0 Å². The van der Waals surface area contributed by atoms with Gasteiger partial charge in [0, 0.05) is 13.0 Å². The number of aliphatic carboxylic acids is 1. The van der Waals surface area contributed by atoms with Crippen molar-refractivity contribution < 1.29 is 29.0 Å². The van der Waals surface area contributed by atoms with E-state index in [0.717, 1.165) is 28.7 Å². The molecule has 8 heteroatoms. The number of alkyl carbamates (subject to hydrolysis) is 1. The summed E-state index contributed by atoms with van der Waals surface area (Å²) in [6.07, 6.45) is 1.00. The zero-order chi connectivity index (χ0) is 23.8. The summed E-state index contributed by atoms with van der Waals surface area (Å²) < 4.78 is 10.5. The summed E-state index contributed by atoms with van der Waals surface area (Å²) in [5.41, 5.74) is 4.40. The van der Waals surface area contributed by atoms with Gasteiger partial charge in [0.1, 0.15) is 18.7 Å². The molecular formula is C25H30N2O6. The maximum Gasteiger partial charge on any atom is 0.407 e. The van der Waals surface area contributed by atoms with Crippen molar-refractivity contribution in [3.05, 3.63) is 59.7 Å². The lowest BCUT2D eigenvalue weighted by atomic mass is 9.98. The molecule has 1 aliphatic rings. The van der Waals surface area contributed by atoms with Gasteiger partial charge in [-0.1, -0.05) is 68.3 Å². The predicted octanol–water partition coefficient (Wildman–Crippen LogP) is 3.30. The van der Waals surface area contributed by atoms with Gasteiger partial charge in [-0.25, -0.2) is 9.59 Å². The molecule has 2 atom stereocenters. The highest BCUT2D eigenvalue weighted by Crippen LogP contribution is 2.44. The number of nitrogens with one attached hydrogen (secondary N) is 2. The molecule has 0 radical (unpaired) electrons. The van der Waals surface area contributed by atoms with Crippen molar-refractivity contribution >= 4 is 18.0 Å². The van der Waals surface area contributed by atoms with Gasteiger partial charge in [0.2, 0.25) is 5.91 Å². The molecule has 0 fully saturated rings. The average Bonchev–Trinajstić information content (AvgIpc) is 3.13. The van der Waals surface area contributed by atoms with Gasteiger partial charge in [-0.2, -0.15) is 0 Å². The van der Waals surface area contributed by atoms with Crippen molar-refractivity contribution in [2.45, 2.75) is 44.2 Å². The second-order valence-corrected chi connectivity index (χ2v) is 8.02. The summed E-state index contributed by atoms with van der Waals surface area (Å²) in [6, 6.07) is 13.9. The molecule has 2 unspecified atom stereocenters. The van der Waals surface area contributed by atoms with Crippen LogP contribution in [0.1, 0.15) is 43.2 Å². The highest BCUT2D eigenvalue weighted by molar-refractivity contribution is 5.89. The molecular weight excluding hydrogens is 424 g/mol. The van der Waals surface area contributed by atoms with Gasteiger partial charge < -0.3 is 25.2 Å². The number of hydrogen-bond acceptors (Lipinski definition) is 5. The number of fused-ring (bicyclic) bond motifs is 3. The van der Waals surface area contributed by atoms with E-state index in [1.807, 2.05) is 55.5 Å². The molecule has 0 saturated carbocycles. The number of carboxylic acid groups (broad SMARTS) is 1. The first kappa shape index (κ1) is 24.3. The summed E-state index contributed by atoms with van der Waals surface area (Å²) in [5, 5.41) is 14.3. The van der Waals surface area contributed by atoms with Gasteiger partial charge in [-0.15, -0.1) is 0 Å². The zero-order valence-electron chi connectivity index (χ0n) is 18.9. The van der Waals surface area contributed by atoms with Crippen LogP contribution in [-0.2, 0) is 19.1 Å². The van der Waals surface area contributed by atoms with Crippen molar-refractivity contribution in [1.29, 1.82) is 0 Å². The number of unbranched alkanes of at least 4 members (excludes halogenated alkanes) is 1. The smallest absolute Gasteiger partial charge is 0.407 e. The summed E-state index contributed by atoms with van der Waals surface area (Å²) in [5.74, 6) is -1.86. The maximum absolute atomic E-state index is 12.6. The quantitative estimate of drug-likeness (QED) is 0.480. The van der Waals surface area contributed by atoms with Gasteiger partial charge in [0.15, 0.2) is 0 Å². The Hall–Kier alpha value is -3.39. The van der Waals surface area contributed by atoms with E-state index in [0.29, 0.717) is 12.8 Å². The predicted molar refractivity (Wildman–Crippen MR) is 123 cm³/mol. The van der Waals surface area contributed by atoms with Gasteiger partial charge in [-0.05, 0) is 28.7 Å². The van der Waals surface area contributed by atoms with Crippen molar-refractivity contribution in [3.8, 4) is 11.1 Å². The monoisotopic (exact) mass is 454 g/mol. The maximum atomic E-state index is 12.6. The molecule has 0 aromatic heterocycles. The zero-order valence-corrected chi connectivity index (χ0v) is 18.9. The standard InChI is InChI=1S/C25H30N2O6/c1-3-4-13-21(24(29)30)26-23(28)22(15-32-2)27-25(31)33-14-20-18-11-7-5-9-16(18)17-10-6-8-12-19(17)20/h5-12,20-22H,3-4,13-15H2,1-2H3,(H,26,28)(H,27,31)(H,29,30). The van der Waals surface area contributed by atoms with Crippen LogP contribution in [0.15, 0.2) is 48.5 Å². The van der Waals surface area contributed by atoms with E-state index in [-0.39, 0.29) is 19.1 Å². The third-order valence-electron chi connectivity index (χ3n) is 5.75. The van der Waals surface area contributed by atoms with Crippen LogP contribution >= 0.6 is 0 Å². The number of carboxylic acids is 1. The number of benzene rings is 2. The highest BCUT2D eigenvalue weighted by Gasteiger charge is 2.30. The molecule has 2 amide bonds. The molecule has 0 heterocycles. The lowest BCUT2D eigenvalue weighted by Gasteiger charge is -2.21. The molecule has 0 saturated heterocycles. The topological polar surface area (TPSA) is 114 Å². The van der Waals surface area contributed by atoms with Crippen LogP contribution < -0.4 is 10.6 Å². The first-order valence-electron chi connectivity index (χ1n) is 11.1. The lowest BCUT2D eigenvalue weighted by molar-refractivity contribution is -0.142. The van der Waals surface area contributed by atoms with Crippen molar-refractivity contribution in [2.75, 3.05) is 20.3 Å². The summed E-state index contributed by atoms with van der Waals surface area (Å²) in [6.45, 7) is 1.93. The van der Waals surface area contributed by atoms with E-state index in [9.17, 15) is 19.5 Å². The van der Waals surface area contributed by atoms with Crippen LogP contribution in [0.4, 0.5) is 4.79 Å². The van der Waals surface area contributed by atoms with Crippen LogP contribution in [0.2, 0.25) is 0 Å². The Morgan fingerprint density at radius 2 is 1.58 bits per heavy atom. The number of ether oxygens (including phenoxy) is 2. The van der Waals surface area contributed by atoms with Crippen LogP contribution in [-0.4, -0.2) is 55.5 Å². The number of carbonyl (C=O) groups excluding carboxylic acids is 2. The minimum Gasteiger partial charge on any atom is -0.480 e. The Kier molecular flexibility index (Phi) is 8.43. The lowest BCUT2D eigenvalue weighted by Crippen LogP contribution is -2.53. The summed E-state index contributed by atoms with van der Waals surface area (Å²) in [4.78, 5) is 36.6. The number of methoxy groups -OCH3 is 1. The van der Waals surface area contributed by atoms with Gasteiger partial charge in [0.25, 0.3) is 0 Å². The fraction of sp³-hybridized carbons (Fsp3) is 0.400. The normalized spacial score (nSPS) is 14.0. The second-order valence-electron chi connectivity index (χ2n) is 8.02. The minimum absolute atomic E-state index is 0.107. The molecule has 3 rings (SSSR count). The third-order valence-corrected chi connectivity index (χ3v) is 5.75. The fourth-order valence-electron chi connectivity index (χ4n) is 4.07. The van der Waals surface area contributed by atoms with E-state index in [1.165, 1.54) is 7.11 Å². The van der Waals surface area contributed by atoms with Crippen LogP contribution in [0.3, 0.4) is 0 Å². The molecule has 2 aromatic carbocycles. The van der Waals surface area contributed by atoms with Gasteiger partial charge >= 0.3 is 12.1 Å². The van der Waals surface area contributed by atoms with Crippen molar-refractivity contribution in [3.63, 3.8) is 0 Å². The molecule has 176 valence electrons. The Morgan fingerprint density at radius 3 is 2.12 bits per heavy atom. The van der Waals surface area contributed by atoms with E-state index in [1.54, 1.807) is 0 Å². The number of hydrogen-bond donors (Lipinski definition) is 3. The number of carbonyl (C=O) groups is 3. The number of rotatable bonds is 11. The van der Waals surface area contributed by atoms with Gasteiger partial charge in [0.05, 0.1) is 6.61 Å². The van der Waals surface area contributed by atoms with Crippen molar-refractivity contribution in [1.82, 2.24) is 10.6 Å². The van der Waals surface area contributed by atoms with Crippen molar-refractivity contribution in [2.24, 2.45) is 0 Å². The van der Waals surface area contributed by atoms with E-state index >= 15 is 0 Å². The summed E-state index contributed by atoms with van der Waals surface area (Å²) >= 11 is 0. The second kappa shape index (κ2) is 11.5. The molecule has 3 N–H and O–H groups in total. The molecule has 0 spiro atoms. The third kappa shape index (κ3) is 5.90. The first-order chi connectivity index (χ1) is 16.0. The molecule has 33 heavy (non-hydrogen) atoms. The molecule has 1 aliphatic carbocycles. The molecule has 0 bridgehead atoms. The minimum atomic E-state index is -1.12. The molecule has 8 nitrogen and oxygen atoms in total. The SMILES string of the molecule is CCCCC(NC(=O)C(COC)NC(=O)OCC1c2ccccc2-c2ccccc21)C(=O)O. The van der Waals surface area contributed by atoms with Crippen LogP contribution in [0.25, 0.3) is 11.1 Å². The summed E-state index contributed by atoms with van der Waals surface area (Å²) in [7, 11) is 1.39. The average molecular weight is 455 g/mol. The number of amides is 2. The van der Waals surface area contributed by atoms with Crippen LogP contribution in [0.5, 0.6) is 0 Å². The Bertz CT molecular complexity index is 947. The molecule has 2 aromatic rings. The van der Waals surface area contributed by atoms with E-state index in [4.69, 9.17) is 9.47 Å². The Labute approximate surface area is 193 Å². The molecule has 0 aliphatic heterocycles. The van der Waals surface area contributed by atoms with E-state index < -0.39 is 30.1 Å². The van der Waals surface area contributed by atoms with E-state index in [2.05, 4.69) is 10.6 Å². The Morgan fingerprint density at radius 1 is 0.970 bits per heavy atom. The first-order valence-corrected chi connectivity index (χ1v) is 11.1. The fourth-order valence-corrected chi connectivity index (χ4v) is 4.07. The van der Waals surface area contributed by atoms with Gasteiger partial charge in [-0.3, -0.25) is 4.79 Å². The highest BCUT2D eigenvalue weighted by atomic mass is 16.5. The largest absolute Gasteiger partial charge is 0.480 e. The Balaban J connectivity index is 1.62.